The molecule has 1 saturated heterocycles. The molecule has 0 radical (unpaired) electrons. The Morgan fingerprint density at radius 1 is 1.39 bits per heavy atom. The molecule has 0 N–H and O–H groups in total. The summed E-state index contributed by atoms with van der Waals surface area (Å²) in [6.07, 6.45) is 0.982. The van der Waals surface area contributed by atoms with E-state index in [1.807, 2.05) is 0 Å². The molecule has 1 atom stereocenters. The summed E-state index contributed by atoms with van der Waals surface area (Å²) in [6, 6.07) is 1.09. The van der Waals surface area contributed by atoms with Crippen molar-refractivity contribution in [3.8, 4) is 11.4 Å². The first-order valence-corrected chi connectivity index (χ1v) is 8.40. The lowest BCUT2D eigenvalue weighted by molar-refractivity contribution is -0.255. The minimum Gasteiger partial charge on any atom is -0.545 e. The van der Waals surface area contributed by atoms with Gasteiger partial charge in [-0.2, -0.15) is 4.39 Å². The van der Waals surface area contributed by atoms with Crippen LogP contribution in [0.25, 0.3) is 11.4 Å². The molecule has 1 unspecified atom stereocenters. The van der Waals surface area contributed by atoms with Gasteiger partial charge in [-0.3, -0.25) is 4.79 Å². The van der Waals surface area contributed by atoms with Gasteiger partial charge in [-0.15, -0.1) is 4.31 Å². The number of aromatic carboxylic acids is 1. The SMILES string of the molecule is O=C([O-])c1cnc2n3c(c(F)cc-2c1=O)[S+](N1CCOCC1)C3. The Balaban J connectivity index is 1.81. The highest BCUT2D eigenvalue weighted by Crippen LogP contribution is 2.37. The number of rotatable bonds is 2. The summed E-state index contributed by atoms with van der Waals surface area (Å²) in [5, 5.41) is 11.4. The monoisotopic (exact) mass is 337 g/mol. The fourth-order valence-electron chi connectivity index (χ4n) is 2.85. The number of hydrogen-bond donors (Lipinski definition) is 0. The maximum atomic E-state index is 14.5. The van der Waals surface area contributed by atoms with Crippen LogP contribution in [0.1, 0.15) is 10.4 Å². The van der Waals surface area contributed by atoms with E-state index >= 15 is 0 Å². The van der Waals surface area contributed by atoms with Crippen LogP contribution in [0.4, 0.5) is 4.39 Å². The van der Waals surface area contributed by atoms with Gasteiger partial charge in [0.1, 0.15) is 0 Å². The molecule has 4 aliphatic rings. The maximum absolute atomic E-state index is 14.5. The molecule has 0 aromatic rings. The number of carbonyl (C=O) groups is 1. The average molecular weight is 337 g/mol. The summed E-state index contributed by atoms with van der Waals surface area (Å²) in [4.78, 5) is 27.1. The Hall–Kier alpha value is -1.97. The minimum atomic E-state index is -1.61. The zero-order chi connectivity index (χ0) is 16.1. The Bertz CT molecular complexity index is 834. The van der Waals surface area contributed by atoms with E-state index in [4.69, 9.17) is 4.74 Å². The van der Waals surface area contributed by atoms with Crippen LogP contribution in [-0.2, 0) is 21.7 Å². The highest BCUT2D eigenvalue weighted by molar-refractivity contribution is 7.94. The zero-order valence-corrected chi connectivity index (χ0v) is 12.8. The molecule has 0 saturated carbocycles. The lowest BCUT2D eigenvalue weighted by atomic mass is 10.1. The summed E-state index contributed by atoms with van der Waals surface area (Å²) >= 11 is -0.376. The number of pyridine rings is 2. The van der Waals surface area contributed by atoms with Crippen LogP contribution in [0.2, 0.25) is 0 Å². The standard InChI is InChI=1S/C14H12FN3O4S/c15-10-5-8-11(19)9(14(20)21)6-16-12(8)18-7-23(13(10)18)17-1-3-22-4-2-17/h5-6H,1-4,7H2. The predicted octanol–water partition coefficient (Wildman–Crippen LogP) is -0.954. The van der Waals surface area contributed by atoms with E-state index in [9.17, 15) is 19.1 Å². The molecule has 23 heavy (non-hydrogen) atoms. The van der Waals surface area contributed by atoms with Crippen molar-refractivity contribution in [3.63, 3.8) is 0 Å². The van der Waals surface area contributed by atoms with Crippen LogP contribution in [0.5, 0.6) is 0 Å². The maximum Gasteiger partial charge on any atom is 0.291 e. The Kier molecular flexibility index (Phi) is 3.36. The predicted molar refractivity (Wildman–Crippen MR) is 77.4 cm³/mol. The number of fused-ring (bicyclic) bond motifs is 3. The van der Waals surface area contributed by atoms with Crippen LogP contribution < -0.4 is 10.5 Å². The first-order valence-electron chi connectivity index (χ1n) is 7.05. The third-order valence-corrected chi connectivity index (χ3v) is 6.35. The van der Waals surface area contributed by atoms with Gasteiger partial charge >= 0.3 is 0 Å². The third kappa shape index (κ3) is 2.15. The lowest BCUT2D eigenvalue weighted by Gasteiger charge is -2.33. The van der Waals surface area contributed by atoms with E-state index in [1.165, 1.54) is 0 Å². The lowest BCUT2D eigenvalue weighted by Crippen LogP contribution is -2.49. The Labute approximate surface area is 133 Å². The molecular formula is C14H12FN3O4S. The second kappa shape index (κ2) is 5.29. The quantitative estimate of drug-likeness (QED) is 0.657. The number of hydrogen-bond acceptors (Lipinski definition) is 6. The number of carbonyl (C=O) groups excluding carboxylic acids is 1. The molecule has 9 heteroatoms. The van der Waals surface area contributed by atoms with E-state index in [2.05, 4.69) is 9.29 Å². The van der Waals surface area contributed by atoms with Crippen LogP contribution in [-0.4, -0.2) is 46.1 Å². The molecule has 0 aromatic carbocycles. The second-order valence-corrected chi connectivity index (χ2v) is 7.18. The minimum absolute atomic E-state index is 0.0295. The van der Waals surface area contributed by atoms with Crippen molar-refractivity contribution in [3.05, 3.63) is 33.9 Å². The number of carboxylic acids is 1. The molecule has 0 amide bonds. The van der Waals surface area contributed by atoms with Gasteiger partial charge in [0, 0.05) is 6.20 Å². The molecule has 0 aliphatic carbocycles. The van der Waals surface area contributed by atoms with Crippen LogP contribution in [0, 0.1) is 5.82 Å². The molecule has 1 fully saturated rings. The number of aromatic nitrogens is 2. The van der Waals surface area contributed by atoms with Crippen molar-refractivity contribution in [1.82, 2.24) is 13.9 Å². The van der Waals surface area contributed by atoms with Gasteiger partial charge in [-0.1, -0.05) is 0 Å². The molecule has 4 heterocycles. The molecule has 0 spiro atoms. The third-order valence-electron chi connectivity index (χ3n) is 4.00. The molecule has 7 nitrogen and oxygen atoms in total. The normalized spacial score (nSPS) is 21.0. The van der Waals surface area contributed by atoms with Gasteiger partial charge < -0.3 is 14.6 Å². The zero-order valence-electron chi connectivity index (χ0n) is 12.0. The van der Waals surface area contributed by atoms with Gasteiger partial charge in [0.15, 0.2) is 28.2 Å². The van der Waals surface area contributed by atoms with Crippen molar-refractivity contribution in [1.29, 1.82) is 0 Å². The molecule has 0 aromatic heterocycles. The van der Waals surface area contributed by atoms with E-state index in [0.29, 0.717) is 29.9 Å². The fourth-order valence-corrected chi connectivity index (χ4v) is 4.94. The highest BCUT2D eigenvalue weighted by atomic mass is 32.2. The summed E-state index contributed by atoms with van der Waals surface area (Å²) in [7, 11) is 0. The first kappa shape index (κ1) is 14.6. The van der Waals surface area contributed by atoms with Crippen molar-refractivity contribution >= 4 is 17.1 Å². The molecule has 4 rings (SSSR count). The van der Waals surface area contributed by atoms with Gasteiger partial charge in [0.05, 0.1) is 43.4 Å². The summed E-state index contributed by atoms with van der Waals surface area (Å²) < 4.78 is 23.6. The molecule has 120 valence electrons. The number of carboxylic acid groups (broad SMARTS) is 1. The molecular weight excluding hydrogens is 325 g/mol. The summed E-state index contributed by atoms with van der Waals surface area (Å²) in [5.74, 6) is -1.26. The van der Waals surface area contributed by atoms with E-state index in [-0.39, 0.29) is 16.6 Å². The molecule has 0 bridgehead atoms. The van der Waals surface area contributed by atoms with Crippen molar-refractivity contribution < 1.29 is 19.0 Å². The van der Waals surface area contributed by atoms with Crippen LogP contribution in [0.15, 0.2) is 22.1 Å². The summed E-state index contributed by atoms with van der Waals surface area (Å²) in [5.41, 5.74) is -1.34. The number of nitrogens with zero attached hydrogens (tertiary/aromatic N) is 3. The van der Waals surface area contributed by atoms with E-state index in [1.54, 1.807) is 4.57 Å². The van der Waals surface area contributed by atoms with Gasteiger partial charge in [-0.25, -0.2) is 9.55 Å². The second-order valence-electron chi connectivity index (χ2n) is 5.29. The van der Waals surface area contributed by atoms with Crippen molar-refractivity contribution in [2.24, 2.45) is 0 Å². The van der Waals surface area contributed by atoms with Crippen LogP contribution >= 0.6 is 0 Å². The Morgan fingerprint density at radius 2 is 2.13 bits per heavy atom. The van der Waals surface area contributed by atoms with Gasteiger partial charge in [0.2, 0.25) is 5.88 Å². The van der Waals surface area contributed by atoms with E-state index in [0.717, 1.165) is 25.4 Å². The number of morpholine rings is 1. The Morgan fingerprint density at radius 3 is 2.83 bits per heavy atom. The smallest absolute Gasteiger partial charge is 0.291 e. The average Bonchev–Trinajstić information content (AvgIpc) is 2.49. The topological polar surface area (TPSA) is 87.5 Å². The first-order chi connectivity index (χ1) is 11.1. The number of halogens is 1. The van der Waals surface area contributed by atoms with Gasteiger partial charge in [-0.05, 0) is 6.07 Å². The van der Waals surface area contributed by atoms with Crippen LogP contribution in [0.3, 0.4) is 0 Å². The highest BCUT2D eigenvalue weighted by Gasteiger charge is 2.48. The van der Waals surface area contributed by atoms with Crippen molar-refractivity contribution in [2.75, 3.05) is 26.3 Å². The molecule has 4 aliphatic heterocycles. The summed E-state index contributed by atoms with van der Waals surface area (Å²) in [6.45, 7) is 2.72. The van der Waals surface area contributed by atoms with E-state index < -0.39 is 22.8 Å². The van der Waals surface area contributed by atoms with Gasteiger partial charge in [0.25, 0.3) is 5.03 Å². The fraction of sp³-hybridized carbons (Fsp3) is 0.357. The van der Waals surface area contributed by atoms with Crippen molar-refractivity contribution in [2.45, 2.75) is 10.9 Å². The largest absolute Gasteiger partial charge is 0.545 e. The number of ether oxygens (including phenoxy) is 1.